The van der Waals surface area contributed by atoms with Crippen LogP contribution in [0, 0.1) is 20.8 Å². The number of benzene rings is 2. The standard InChI is InChI=1S/C22H24N2O2/c1-14-9-7-11-20(16(14)3)17(4)21-23-19(13-24(21)22(25)26)12-18-10-6-5-8-15(18)2/h5-11,13,17H,12H2,1-4H3,(H,25,26)/t17-/m0/s1. The Labute approximate surface area is 154 Å². The quantitative estimate of drug-likeness (QED) is 0.715. The molecule has 3 aromatic rings. The van der Waals surface area contributed by atoms with Crippen molar-refractivity contribution in [1.29, 1.82) is 0 Å². The summed E-state index contributed by atoms with van der Waals surface area (Å²) in [5.74, 6) is 0.464. The predicted molar refractivity (Wildman–Crippen MR) is 103 cm³/mol. The van der Waals surface area contributed by atoms with Gasteiger partial charge in [0.25, 0.3) is 0 Å². The van der Waals surface area contributed by atoms with Gasteiger partial charge in [0, 0.05) is 18.5 Å². The minimum atomic E-state index is -0.999. The van der Waals surface area contributed by atoms with Gasteiger partial charge in [0.1, 0.15) is 5.82 Å². The second-order valence-corrected chi connectivity index (χ2v) is 6.86. The molecule has 0 radical (unpaired) electrons. The first-order valence-electron chi connectivity index (χ1n) is 8.80. The van der Waals surface area contributed by atoms with E-state index < -0.39 is 6.09 Å². The summed E-state index contributed by atoms with van der Waals surface area (Å²) in [6.45, 7) is 8.21. The van der Waals surface area contributed by atoms with E-state index in [1.165, 1.54) is 21.3 Å². The van der Waals surface area contributed by atoms with E-state index in [9.17, 15) is 9.90 Å². The zero-order valence-electron chi connectivity index (χ0n) is 15.7. The Morgan fingerprint density at radius 2 is 1.77 bits per heavy atom. The molecule has 134 valence electrons. The molecule has 1 atom stereocenters. The molecule has 0 aliphatic carbocycles. The Morgan fingerprint density at radius 1 is 1.08 bits per heavy atom. The monoisotopic (exact) mass is 348 g/mol. The maximum atomic E-state index is 11.8. The van der Waals surface area contributed by atoms with Gasteiger partial charge in [0.15, 0.2) is 0 Å². The van der Waals surface area contributed by atoms with Crippen molar-refractivity contribution in [2.45, 2.75) is 40.0 Å². The summed E-state index contributed by atoms with van der Waals surface area (Å²) in [5.41, 5.74) is 6.60. The lowest BCUT2D eigenvalue weighted by Crippen LogP contribution is -2.14. The number of hydrogen-bond acceptors (Lipinski definition) is 2. The van der Waals surface area contributed by atoms with Gasteiger partial charge < -0.3 is 5.11 Å². The molecule has 1 heterocycles. The highest BCUT2D eigenvalue weighted by atomic mass is 16.4. The number of aryl methyl sites for hydroxylation is 2. The lowest BCUT2D eigenvalue weighted by molar-refractivity contribution is 0.195. The van der Waals surface area contributed by atoms with Crippen LogP contribution in [0.25, 0.3) is 0 Å². The van der Waals surface area contributed by atoms with Crippen molar-refractivity contribution in [2.75, 3.05) is 0 Å². The Bertz CT molecular complexity index is 957. The zero-order chi connectivity index (χ0) is 18.8. The SMILES string of the molecule is Cc1ccccc1Cc1cn(C(=O)O)c([C@@H](C)c2cccc(C)c2C)n1. The topological polar surface area (TPSA) is 55.1 Å². The van der Waals surface area contributed by atoms with Gasteiger partial charge in [-0.1, -0.05) is 49.4 Å². The van der Waals surface area contributed by atoms with E-state index in [-0.39, 0.29) is 5.92 Å². The second kappa shape index (κ2) is 7.16. The molecule has 0 bridgehead atoms. The first-order valence-corrected chi connectivity index (χ1v) is 8.80. The summed E-state index contributed by atoms with van der Waals surface area (Å²) < 4.78 is 1.26. The average Bonchev–Trinajstić information content (AvgIpc) is 3.03. The smallest absolute Gasteiger partial charge is 0.417 e. The second-order valence-electron chi connectivity index (χ2n) is 6.86. The van der Waals surface area contributed by atoms with Gasteiger partial charge in [-0.15, -0.1) is 0 Å². The summed E-state index contributed by atoms with van der Waals surface area (Å²) in [6, 6.07) is 14.2. The summed E-state index contributed by atoms with van der Waals surface area (Å²) in [4.78, 5) is 16.5. The number of imidazole rings is 1. The minimum Gasteiger partial charge on any atom is -0.464 e. The Hall–Kier alpha value is -2.88. The number of rotatable bonds is 4. The molecule has 0 aliphatic heterocycles. The fraction of sp³-hybridized carbons (Fsp3) is 0.273. The Morgan fingerprint density at radius 3 is 2.46 bits per heavy atom. The maximum absolute atomic E-state index is 11.8. The zero-order valence-corrected chi connectivity index (χ0v) is 15.7. The molecule has 2 aromatic carbocycles. The Balaban J connectivity index is 2.01. The van der Waals surface area contributed by atoms with E-state index in [0.29, 0.717) is 12.2 Å². The molecule has 4 nitrogen and oxygen atoms in total. The van der Waals surface area contributed by atoms with Crippen LogP contribution >= 0.6 is 0 Å². The summed E-state index contributed by atoms with van der Waals surface area (Å²) >= 11 is 0. The fourth-order valence-corrected chi connectivity index (χ4v) is 3.37. The van der Waals surface area contributed by atoms with Crippen LogP contribution in [0.5, 0.6) is 0 Å². The summed E-state index contributed by atoms with van der Waals surface area (Å²) in [5, 5.41) is 9.64. The van der Waals surface area contributed by atoms with Crippen LogP contribution in [0.4, 0.5) is 4.79 Å². The highest BCUT2D eigenvalue weighted by molar-refractivity contribution is 5.69. The molecule has 1 aromatic heterocycles. The van der Waals surface area contributed by atoms with Gasteiger partial charge in [-0.25, -0.2) is 14.3 Å². The normalized spacial score (nSPS) is 12.2. The van der Waals surface area contributed by atoms with Crippen LogP contribution in [0.1, 0.15) is 52.2 Å². The van der Waals surface area contributed by atoms with Gasteiger partial charge in [0.05, 0.1) is 5.69 Å². The van der Waals surface area contributed by atoms with Crippen molar-refractivity contribution in [3.63, 3.8) is 0 Å². The third-order valence-corrected chi connectivity index (χ3v) is 5.12. The lowest BCUT2D eigenvalue weighted by atomic mass is 9.93. The predicted octanol–water partition coefficient (Wildman–Crippen LogP) is 5.08. The van der Waals surface area contributed by atoms with Crippen molar-refractivity contribution >= 4 is 6.09 Å². The van der Waals surface area contributed by atoms with E-state index in [0.717, 1.165) is 16.8 Å². The molecule has 4 heteroatoms. The van der Waals surface area contributed by atoms with E-state index in [1.54, 1.807) is 6.20 Å². The first-order chi connectivity index (χ1) is 12.4. The number of carboxylic acid groups (broad SMARTS) is 1. The van der Waals surface area contributed by atoms with E-state index in [1.807, 2.05) is 25.1 Å². The Kier molecular flexibility index (Phi) is 4.94. The van der Waals surface area contributed by atoms with Gasteiger partial charge in [-0.2, -0.15) is 0 Å². The average molecular weight is 348 g/mol. The first kappa shape index (κ1) is 17.9. The molecular formula is C22H24N2O2. The molecule has 0 spiro atoms. The van der Waals surface area contributed by atoms with Crippen LogP contribution < -0.4 is 0 Å². The molecule has 26 heavy (non-hydrogen) atoms. The number of nitrogens with zero attached hydrogens (tertiary/aromatic N) is 2. The summed E-state index contributed by atoms with van der Waals surface area (Å²) in [6.07, 6.45) is 1.27. The summed E-state index contributed by atoms with van der Waals surface area (Å²) in [7, 11) is 0. The third kappa shape index (κ3) is 3.40. The molecule has 3 rings (SSSR count). The highest BCUT2D eigenvalue weighted by Crippen LogP contribution is 2.28. The number of hydrogen-bond donors (Lipinski definition) is 1. The minimum absolute atomic E-state index is 0.100. The van der Waals surface area contributed by atoms with Crippen molar-refractivity contribution < 1.29 is 9.90 Å². The molecule has 0 aliphatic rings. The van der Waals surface area contributed by atoms with E-state index in [4.69, 9.17) is 4.98 Å². The third-order valence-electron chi connectivity index (χ3n) is 5.12. The molecule has 0 fully saturated rings. The number of carbonyl (C=O) groups is 1. The van der Waals surface area contributed by atoms with Crippen molar-refractivity contribution in [2.24, 2.45) is 0 Å². The van der Waals surface area contributed by atoms with Gasteiger partial charge >= 0.3 is 6.09 Å². The van der Waals surface area contributed by atoms with E-state index >= 15 is 0 Å². The lowest BCUT2D eigenvalue weighted by Gasteiger charge is -2.16. The highest BCUT2D eigenvalue weighted by Gasteiger charge is 2.22. The van der Waals surface area contributed by atoms with Crippen molar-refractivity contribution in [3.05, 3.63) is 88.0 Å². The van der Waals surface area contributed by atoms with Crippen molar-refractivity contribution in [3.8, 4) is 0 Å². The van der Waals surface area contributed by atoms with Crippen LogP contribution in [-0.4, -0.2) is 20.8 Å². The van der Waals surface area contributed by atoms with Crippen LogP contribution in [0.2, 0.25) is 0 Å². The van der Waals surface area contributed by atoms with Crippen molar-refractivity contribution in [1.82, 2.24) is 9.55 Å². The molecule has 0 amide bonds. The fourth-order valence-electron chi connectivity index (χ4n) is 3.37. The van der Waals surface area contributed by atoms with Crippen LogP contribution in [-0.2, 0) is 6.42 Å². The van der Waals surface area contributed by atoms with Crippen LogP contribution in [0.15, 0.2) is 48.7 Å². The largest absolute Gasteiger partial charge is 0.464 e. The van der Waals surface area contributed by atoms with Gasteiger partial charge in [-0.3, -0.25) is 0 Å². The number of aromatic nitrogens is 2. The maximum Gasteiger partial charge on any atom is 0.417 e. The molecule has 0 saturated carbocycles. The van der Waals surface area contributed by atoms with Gasteiger partial charge in [-0.05, 0) is 48.6 Å². The van der Waals surface area contributed by atoms with Gasteiger partial charge in [0.2, 0.25) is 0 Å². The molecular weight excluding hydrogens is 324 g/mol. The molecule has 0 unspecified atom stereocenters. The van der Waals surface area contributed by atoms with E-state index in [2.05, 4.69) is 45.0 Å². The van der Waals surface area contributed by atoms with Crippen LogP contribution in [0.3, 0.4) is 0 Å². The molecule has 1 N–H and O–H groups in total. The molecule has 0 saturated heterocycles.